The normalized spacial score (nSPS) is 11.0. The smallest absolute Gasteiger partial charge is 0.258 e. The molecule has 0 unspecified atom stereocenters. The molecule has 0 aliphatic carbocycles. The molecule has 6 heteroatoms. The van der Waals surface area contributed by atoms with Crippen LogP contribution in [0.15, 0.2) is 82.6 Å². The van der Waals surface area contributed by atoms with E-state index < -0.39 is 4.92 Å². The number of nitro benzene ring substituents is 1. The molecule has 0 atom stereocenters. The van der Waals surface area contributed by atoms with Crippen molar-refractivity contribution in [1.29, 1.82) is 5.26 Å². The van der Waals surface area contributed by atoms with Gasteiger partial charge < -0.3 is 0 Å². The molecule has 0 saturated heterocycles. The van der Waals surface area contributed by atoms with Gasteiger partial charge in [0, 0.05) is 26.9 Å². The maximum atomic E-state index is 10.8. The number of nitriles is 1. The van der Waals surface area contributed by atoms with Crippen LogP contribution in [0.25, 0.3) is 11.6 Å². The van der Waals surface area contributed by atoms with Crippen LogP contribution in [-0.2, 0) is 0 Å². The van der Waals surface area contributed by atoms with Crippen LogP contribution in [0.3, 0.4) is 0 Å². The Balaban J connectivity index is 1.94. The Kier molecular flexibility index (Phi) is 5.92. The average molecular weight is 393 g/mol. The van der Waals surface area contributed by atoms with Gasteiger partial charge >= 0.3 is 0 Å². The maximum Gasteiger partial charge on any atom is 0.269 e. The topological polar surface area (TPSA) is 66.9 Å². The minimum absolute atomic E-state index is 0.00488. The summed E-state index contributed by atoms with van der Waals surface area (Å²) in [5, 5.41) is 21.0. The van der Waals surface area contributed by atoms with Crippen LogP contribution in [0.2, 0.25) is 5.02 Å². The van der Waals surface area contributed by atoms with Crippen molar-refractivity contribution in [3.05, 3.63) is 99.1 Å². The second kappa shape index (κ2) is 8.54. The van der Waals surface area contributed by atoms with Crippen molar-refractivity contribution >= 4 is 40.7 Å². The lowest BCUT2D eigenvalue weighted by Gasteiger charge is -2.07. The van der Waals surface area contributed by atoms with E-state index in [-0.39, 0.29) is 5.69 Å². The molecular formula is C21H13ClN2O2S. The zero-order valence-electron chi connectivity index (χ0n) is 14.0. The number of halogens is 1. The van der Waals surface area contributed by atoms with E-state index in [0.717, 1.165) is 15.4 Å². The highest BCUT2D eigenvalue weighted by Gasteiger charge is 2.09. The van der Waals surface area contributed by atoms with E-state index >= 15 is 0 Å². The molecule has 0 aliphatic heterocycles. The first-order valence-electron chi connectivity index (χ1n) is 7.96. The Morgan fingerprint density at radius 3 is 2.33 bits per heavy atom. The zero-order chi connectivity index (χ0) is 19.2. The summed E-state index contributed by atoms with van der Waals surface area (Å²) in [6.45, 7) is 0. The number of non-ortho nitro benzene ring substituents is 1. The largest absolute Gasteiger partial charge is 0.269 e. The van der Waals surface area contributed by atoms with Crippen LogP contribution in [0.1, 0.15) is 11.1 Å². The third-order valence-electron chi connectivity index (χ3n) is 3.77. The molecule has 0 spiro atoms. The molecule has 0 aromatic heterocycles. The van der Waals surface area contributed by atoms with Crippen LogP contribution in [-0.4, -0.2) is 4.92 Å². The van der Waals surface area contributed by atoms with Gasteiger partial charge in [-0.3, -0.25) is 10.1 Å². The van der Waals surface area contributed by atoms with Gasteiger partial charge in [0.05, 0.1) is 16.6 Å². The molecule has 0 amide bonds. The number of hydrogen-bond donors (Lipinski definition) is 0. The number of benzene rings is 3. The maximum absolute atomic E-state index is 10.8. The summed E-state index contributed by atoms with van der Waals surface area (Å²) in [5.74, 6) is 0. The van der Waals surface area contributed by atoms with Crippen molar-refractivity contribution in [2.75, 3.05) is 0 Å². The monoisotopic (exact) mass is 392 g/mol. The minimum Gasteiger partial charge on any atom is -0.258 e. The summed E-state index contributed by atoms with van der Waals surface area (Å²) in [6.07, 6.45) is 1.79. The Labute approximate surface area is 165 Å². The van der Waals surface area contributed by atoms with Crippen molar-refractivity contribution in [2.24, 2.45) is 0 Å². The van der Waals surface area contributed by atoms with Crippen LogP contribution in [0.4, 0.5) is 5.69 Å². The van der Waals surface area contributed by atoms with Gasteiger partial charge in [-0.05, 0) is 59.7 Å². The van der Waals surface area contributed by atoms with Crippen LogP contribution < -0.4 is 0 Å². The molecule has 4 nitrogen and oxygen atoms in total. The first kappa shape index (κ1) is 18.7. The molecule has 0 saturated carbocycles. The zero-order valence-corrected chi connectivity index (χ0v) is 15.6. The van der Waals surface area contributed by atoms with E-state index in [9.17, 15) is 15.4 Å². The van der Waals surface area contributed by atoms with E-state index in [2.05, 4.69) is 6.07 Å². The number of nitrogens with zero attached hydrogens (tertiary/aromatic N) is 2. The van der Waals surface area contributed by atoms with Gasteiger partial charge in [0.25, 0.3) is 5.69 Å². The van der Waals surface area contributed by atoms with E-state index in [1.807, 2.05) is 48.5 Å². The van der Waals surface area contributed by atoms with Gasteiger partial charge in [-0.15, -0.1) is 0 Å². The average Bonchev–Trinajstić information content (AvgIpc) is 2.69. The molecule has 0 N–H and O–H groups in total. The van der Waals surface area contributed by atoms with Crippen molar-refractivity contribution in [3.63, 3.8) is 0 Å². The van der Waals surface area contributed by atoms with Crippen LogP contribution >= 0.6 is 23.4 Å². The summed E-state index contributed by atoms with van der Waals surface area (Å²) in [6, 6.07) is 23.4. The van der Waals surface area contributed by atoms with E-state index in [1.54, 1.807) is 30.0 Å². The molecule has 0 aliphatic rings. The third-order valence-corrected chi connectivity index (χ3v) is 5.12. The van der Waals surface area contributed by atoms with Gasteiger partial charge in [-0.25, -0.2) is 0 Å². The molecule has 0 radical (unpaired) electrons. The number of nitro groups is 1. The Hall–Kier alpha value is -3.07. The van der Waals surface area contributed by atoms with Gasteiger partial charge in [0.1, 0.15) is 0 Å². The Morgan fingerprint density at radius 2 is 1.70 bits per heavy atom. The molecule has 3 rings (SSSR count). The molecule has 0 fully saturated rings. The minimum atomic E-state index is -0.461. The Morgan fingerprint density at radius 1 is 1.04 bits per heavy atom. The molecule has 3 aromatic rings. The molecule has 27 heavy (non-hydrogen) atoms. The highest BCUT2D eigenvalue weighted by atomic mass is 35.5. The number of allylic oxidation sites excluding steroid dienone is 1. The second-order valence-electron chi connectivity index (χ2n) is 5.57. The Bertz CT molecular complexity index is 1040. The van der Waals surface area contributed by atoms with E-state index in [0.29, 0.717) is 16.2 Å². The second-order valence-corrected chi connectivity index (χ2v) is 7.12. The summed E-state index contributed by atoms with van der Waals surface area (Å²) in [5.41, 5.74) is 1.96. The van der Waals surface area contributed by atoms with Crippen LogP contribution in [0.5, 0.6) is 0 Å². The molecule has 0 heterocycles. The lowest BCUT2D eigenvalue weighted by molar-refractivity contribution is -0.384. The summed E-state index contributed by atoms with van der Waals surface area (Å²) >= 11 is 7.51. The lowest BCUT2D eigenvalue weighted by atomic mass is 10.0. The highest BCUT2D eigenvalue weighted by molar-refractivity contribution is 7.99. The molecule has 0 bridgehead atoms. The SMILES string of the molecule is N#C/C(=C\c1ccccc1Sc1ccc(Cl)cc1)c1ccc([N+](=O)[O-])cc1. The van der Waals surface area contributed by atoms with Gasteiger partial charge in [-0.1, -0.05) is 41.6 Å². The third kappa shape index (κ3) is 4.76. The molecular weight excluding hydrogens is 380 g/mol. The first-order valence-corrected chi connectivity index (χ1v) is 9.15. The standard InChI is InChI=1S/C21H13ClN2O2S/c22-18-7-11-20(12-8-18)27-21-4-2-1-3-16(21)13-17(14-23)15-5-9-19(10-6-15)24(25)26/h1-13H/b17-13+. The van der Waals surface area contributed by atoms with Gasteiger partial charge in [-0.2, -0.15) is 5.26 Å². The number of hydrogen-bond acceptors (Lipinski definition) is 4. The van der Waals surface area contributed by atoms with Crippen LogP contribution in [0, 0.1) is 21.4 Å². The van der Waals surface area contributed by atoms with Crippen molar-refractivity contribution < 1.29 is 4.92 Å². The van der Waals surface area contributed by atoms with Gasteiger partial charge in [0.15, 0.2) is 0 Å². The predicted octanol–water partition coefficient (Wildman–Crippen LogP) is 6.46. The van der Waals surface area contributed by atoms with Crippen molar-refractivity contribution in [2.45, 2.75) is 9.79 Å². The van der Waals surface area contributed by atoms with E-state index in [1.165, 1.54) is 12.1 Å². The van der Waals surface area contributed by atoms with E-state index in [4.69, 9.17) is 11.6 Å². The molecule has 132 valence electrons. The number of rotatable bonds is 5. The van der Waals surface area contributed by atoms with Gasteiger partial charge in [0.2, 0.25) is 0 Å². The summed E-state index contributed by atoms with van der Waals surface area (Å²) in [7, 11) is 0. The van der Waals surface area contributed by atoms with Crippen molar-refractivity contribution in [3.8, 4) is 6.07 Å². The summed E-state index contributed by atoms with van der Waals surface area (Å²) < 4.78 is 0. The predicted molar refractivity (Wildman–Crippen MR) is 109 cm³/mol. The fourth-order valence-corrected chi connectivity index (χ4v) is 3.46. The fourth-order valence-electron chi connectivity index (χ4n) is 2.42. The van der Waals surface area contributed by atoms with Crippen molar-refractivity contribution in [1.82, 2.24) is 0 Å². The lowest BCUT2D eigenvalue weighted by Crippen LogP contribution is -1.89. The fraction of sp³-hybridized carbons (Fsp3) is 0. The highest BCUT2D eigenvalue weighted by Crippen LogP contribution is 2.33. The summed E-state index contributed by atoms with van der Waals surface area (Å²) in [4.78, 5) is 12.4. The molecule has 3 aromatic carbocycles. The quantitative estimate of drug-likeness (QED) is 0.216. The first-order chi connectivity index (χ1) is 13.1.